The zero-order valence-electron chi connectivity index (χ0n) is 16.1. The Bertz CT molecular complexity index is 533. The molecule has 0 saturated carbocycles. The first-order chi connectivity index (χ1) is 12.0. The summed E-state index contributed by atoms with van der Waals surface area (Å²) in [5.41, 5.74) is 1.17. The van der Waals surface area contributed by atoms with E-state index in [1.807, 2.05) is 25.0 Å². The molecule has 0 radical (unpaired) electrons. The predicted octanol–water partition coefficient (Wildman–Crippen LogP) is 3.27. The Kier molecular flexibility index (Phi) is 7.88. The number of hydrogen-bond donors (Lipinski definition) is 2. The first kappa shape index (κ1) is 19.9. The summed E-state index contributed by atoms with van der Waals surface area (Å²) in [6.45, 7) is 8.32. The van der Waals surface area contributed by atoms with E-state index in [9.17, 15) is 0 Å². The molecule has 1 aromatic rings. The van der Waals surface area contributed by atoms with Gasteiger partial charge in [0.25, 0.3) is 0 Å². The fourth-order valence-corrected chi connectivity index (χ4v) is 3.00. The number of thioether (sulfide) groups is 1. The van der Waals surface area contributed by atoms with Crippen LogP contribution in [0.25, 0.3) is 0 Å². The molecule has 0 spiro atoms. The van der Waals surface area contributed by atoms with Crippen molar-refractivity contribution in [2.45, 2.75) is 50.8 Å². The zero-order chi connectivity index (χ0) is 18.1. The third-order valence-corrected chi connectivity index (χ3v) is 5.91. The molecular weight excluding hydrogens is 330 g/mol. The van der Waals surface area contributed by atoms with Crippen molar-refractivity contribution in [1.82, 2.24) is 15.6 Å². The second-order valence-electron chi connectivity index (χ2n) is 7.17. The molecule has 0 aromatic carbocycles. The zero-order valence-corrected chi connectivity index (χ0v) is 17.0. The van der Waals surface area contributed by atoms with E-state index in [1.54, 1.807) is 0 Å². The summed E-state index contributed by atoms with van der Waals surface area (Å²) >= 11 is 1.85. The molecule has 2 heterocycles. The van der Waals surface area contributed by atoms with Crippen LogP contribution in [0.4, 0.5) is 5.82 Å². The lowest BCUT2D eigenvalue weighted by molar-refractivity contribution is 0.664. The van der Waals surface area contributed by atoms with Gasteiger partial charge >= 0.3 is 0 Å². The quantitative estimate of drug-likeness (QED) is 0.600. The summed E-state index contributed by atoms with van der Waals surface area (Å²) in [5.74, 6) is 1.94. The van der Waals surface area contributed by atoms with Crippen LogP contribution in [0.1, 0.15) is 45.1 Å². The third kappa shape index (κ3) is 6.77. The summed E-state index contributed by atoms with van der Waals surface area (Å²) in [4.78, 5) is 11.4. The first-order valence-corrected chi connectivity index (χ1v) is 10.5. The Hall–Kier alpha value is -1.43. The maximum Gasteiger partial charge on any atom is 0.191 e. The van der Waals surface area contributed by atoms with Crippen molar-refractivity contribution < 1.29 is 0 Å². The van der Waals surface area contributed by atoms with Gasteiger partial charge < -0.3 is 15.5 Å². The largest absolute Gasteiger partial charge is 0.357 e. The Morgan fingerprint density at radius 3 is 2.48 bits per heavy atom. The van der Waals surface area contributed by atoms with Gasteiger partial charge in [-0.3, -0.25) is 4.99 Å². The van der Waals surface area contributed by atoms with Crippen LogP contribution < -0.4 is 15.5 Å². The van der Waals surface area contributed by atoms with E-state index in [-0.39, 0.29) is 4.75 Å². The van der Waals surface area contributed by atoms with Gasteiger partial charge in [-0.05, 0) is 44.6 Å². The van der Waals surface area contributed by atoms with Gasteiger partial charge in [-0.2, -0.15) is 11.8 Å². The number of aliphatic imine (C=N–C) groups is 1. The minimum atomic E-state index is 0.188. The van der Waals surface area contributed by atoms with E-state index >= 15 is 0 Å². The molecule has 25 heavy (non-hydrogen) atoms. The maximum absolute atomic E-state index is 4.67. The van der Waals surface area contributed by atoms with Crippen LogP contribution in [-0.2, 0) is 6.54 Å². The number of rotatable bonds is 6. The van der Waals surface area contributed by atoms with Crippen LogP contribution in [0, 0.1) is 0 Å². The number of nitrogens with one attached hydrogen (secondary N) is 2. The van der Waals surface area contributed by atoms with Crippen molar-refractivity contribution in [1.29, 1.82) is 0 Å². The summed E-state index contributed by atoms with van der Waals surface area (Å²) in [6, 6.07) is 4.31. The Morgan fingerprint density at radius 1 is 1.20 bits per heavy atom. The highest BCUT2D eigenvalue weighted by Gasteiger charge is 2.16. The highest BCUT2D eigenvalue weighted by molar-refractivity contribution is 7.99. The Balaban J connectivity index is 1.83. The van der Waals surface area contributed by atoms with Crippen molar-refractivity contribution in [3.8, 4) is 0 Å². The summed E-state index contributed by atoms with van der Waals surface area (Å²) < 4.78 is 0.188. The van der Waals surface area contributed by atoms with E-state index < -0.39 is 0 Å². The fourth-order valence-electron chi connectivity index (χ4n) is 2.78. The van der Waals surface area contributed by atoms with E-state index in [0.717, 1.165) is 38.0 Å². The van der Waals surface area contributed by atoms with E-state index in [4.69, 9.17) is 0 Å². The van der Waals surface area contributed by atoms with Crippen LogP contribution in [0.2, 0.25) is 0 Å². The number of aromatic nitrogens is 1. The molecule has 0 unspecified atom stereocenters. The molecule has 0 amide bonds. The van der Waals surface area contributed by atoms with Crippen LogP contribution in [0.5, 0.6) is 0 Å². The fraction of sp³-hybridized carbons (Fsp3) is 0.684. The Morgan fingerprint density at radius 2 is 1.92 bits per heavy atom. The van der Waals surface area contributed by atoms with Gasteiger partial charge in [-0.15, -0.1) is 0 Å². The minimum absolute atomic E-state index is 0.188. The second kappa shape index (κ2) is 9.90. The van der Waals surface area contributed by atoms with Crippen LogP contribution in [0.15, 0.2) is 23.3 Å². The normalized spacial score (nSPS) is 16.5. The molecule has 0 atom stereocenters. The molecule has 1 saturated heterocycles. The van der Waals surface area contributed by atoms with E-state index in [0.29, 0.717) is 0 Å². The predicted molar refractivity (Wildman–Crippen MR) is 111 cm³/mol. The van der Waals surface area contributed by atoms with Gasteiger partial charge in [-0.25, -0.2) is 4.98 Å². The van der Waals surface area contributed by atoms with Gasteiger partial charge in [0, 0.05) is 44.2 Å². The molecule has 0 aliphatic carbocycles. The third-order valence-electron chi connectivity index (χ3n) is 4.66. The van der Waals surface area contributed by atoms with Gasteiger partial charge in [-0.1, -0.05) is 18.9 Å². The number of nitrogens with zero attached hydrogens (tertiary/aromatic N) is 3. The monoisotopic (exact) mass is 363 g/mol. The number of hydrogen-bond acceptors (Lipinski definition) is 4. The lowest BCUT2D eigenvalue weighted by Crippen LogP contribution is -2.43. The molecule has 2 rings (SSSR count). The van der Waals surface area contributed by atoms with Gasteiger partial charge in [0.15, 0.2) is 5.96 Å². The number of anilines is 1. The summed E-state index contributed by atoms with van der Waals surface area (Å²) in [7, 11) is 1.81. The molecule has 1 aromatic heterocycles. The number of pyridine rings is 1. The molecule has 140 valence electrons. The standard InChI is InChI=1S/C19H33N5S/c1-19(2,25-4)15-23-18(20-3)22-14-16-9-10-17(21-13-16)24-11-7-5-6-8-12-24/h9-10,13H,5-8,11-12,14-15H2,1-4H3,(H2,20,22,23). The van der Waals surface area contributed by atoms with E-state index in [2.05, 4.69) is 57.7 Å². The smallest absolute Gasteiger partial charge is 0.191 e. The van der Waals surface area contributed by atoms with Crippen molar-refractivity contribution in [2.24, 2.45) is 4.99 Å². The second-order valence-corrected chi connectivity index (χ2v) is 8.68. The average Bonchev–Trinajstić information content (AvgIpc) is 2.92. The average molecular weight is 364 g/mol. The van der Waals surface area contributed by atoms with Crippen molar-refractivity contribution in [3.05, 3.63) is 23.9 Å². The molecule has 1 fully saturated rings. The van der Waals surface area contributed by atoms with Gasteiger partial charge in [0.2, 0.25) is 0 Å². The molecule has 1 aliphatic rings. The molecule has 0 bridgehead atoms. The molecule has 5 nitrogen and oxygen atoms in total. The first-order valence-electron chi connectivity index (χ1n) is 9.23. The SMILES string of the molecule is CN=C(NCc1ccc(N2CCCCCC2)nc1)NCC(C)(C)SC. The van der Waals surface area contributed by atoms with Crippen LogP contribution >= 0.6 is 11.8 Å². The maximum atomic E-state index is 4.67. The number of guanidine groups is 1. The topological polar surface area (TPSA) is 52.6 Å². The molecular formula is C19H33N5S. The Labute approximate surface area is 157 Å². The molecule has 6 heteroatoms. The highest BCUT2D eigenvalue weighted by atomic mass is 32.2. The van der Waals surface area contributed by atoms with Crippen molar-refractivity contribution in [3.63, 3.8) is 0 Å². The summed E-state index contributed by atoms with van der Waals surface area (Å²) in [6.07, 6.45) is 9.36. The van der Waals surface area contributed by atoms with Crippen LogP contribution in [-0.4, -0.2) is 48.6 Å². The van der Waals surface area contributed by atoms with Gasteiger partial charge in [0.05, 0.1) is 0 Å². The van der Waals surface area contributed by atoms with Crippen molar-refractivity contribution in [2.75, 3.05) is 37.8 Å². The summed E-state index contributed by atoms with van der Waals surface area (Å²) in [5, 5.41) is 6.76. The highest BCUT2D eigenvalue weighted by Crippen LogP contribution is 2.19. The minimum Gasteiger partial charge on any atom is -0.357 e. The lowest BCUT2D eigenvalue weighted by atomic mass is 10.2. The van der Waals surface area contributed by atoms with Crippen LogP contribution in [0.3, 0.4) is 0 Å². The van der Waals surface area contributed by atoms with E-state index in [1.165, 1.54) is 31.2 Å². The van der Waals surface area contributed by atoms with Crippen molar-refractivity contribution >= 4 is 23.5 Å². The molecule has 2 N–H and O–H groups in total. The lowest BCUT2D eigenvalue weighted by Gasteiger charge is -2.24. The molecule has 1 aliphatic heterocycles. The van der Waals surface area contributed by atoms with Gasteiger partial charge in [0.1, 0.15) is 5.82 Å².